The molecule has 0 unspecified atom stereocenters. The number of halogens is 3. The maximum absolute atomic E-state index is 12.3. The number of carboxylic acids is 1. The van der Waals surface area contributed by atoms with Gasteiger partial charge in [0.1, 0.15) is 0 Å². The van der Waals surface area contributed by atoms with Crippen LogP contribution in [0.15, 0.2) is 24.3 Å². The maximum Gasteiger partial charge on any atom is 0.416 e. The standard InChI is InChI=1S/C12H11F3O2/c13-12(14,15)10-3-1-7(2-4-10)8-5-9(6-8)11(16)17/h1-4,8-9H,5-6H2,(H,16,17). The third kappa shape index (κ3) is 2.43. The average Bonchev–Trinajstić information content (AvgIpc) is 2.14. The van der Waals surface area contributed by atoms with Crippen LogP contribution in [-0.4, -0.2) is 11.1 Å². The highest BCUT2D eigenvalue weighted by Crippen LogP contribution is 2.42. The Morgan fingerprint density at radius 3 is 2.12 bits per heavy atom. The van der Waals surface area contributed by atoms with E-state index in [1.54, 1.807) is 0 Å². The Labute approximate surface area is 96.1 Å². The van der Waals surface area contributed by atoms with Gasteiger partial charge in [0, 0.05) is 0 Å². The summed E-state index contributed by atoms with van der Waals surface area (Å²) < 4.78 is 36.9. The van der Waals surface area contributed by atoms with E-state index in [1.807, 2.05) is 0 Å². The summed E-state index contributed by atoms with van der Waals surface area (Å²) in [5, 5.41) is 8.70. The molecule has 2 nitrogen and oxygen atoms in total. The minimum Gasteiger partial charge on any atom is -0.481 e. The second-order valence-corrected chi connectivity index (χ2v) is 4.32. The van der Waals surface area contributed by atoms with E-state index in [1.165, 1.54) is 12.1 Å². The van der Waals surface area contributed by atoms with Crippen molar-refractivity contribution in [1.82, 2.24) is 0 Å². The molecule has 1 saturated carbocycles. The van der Waals surface area contributed by atoms with Crippen LogP contribution in [0.3, 0.4) is 0 Å². The number of aliphatic carboxylic acids is 1. The first-order valence-electron chi connectivity index (χ1n) is 5.28. The zero-order valence-corrected chi connectivity index (χ0v) is 8.87. The molecular weight excluding hydrogens is 233 g/mol. The summed E-state index contributed by atoms with van der Waals surface area (Å²) >= 11 is 0. The van der Waals surface area contributed by atoms with E-state index in [9.17, 15) is 18.0 Å². The quantitative estimate of drug-likeness (QED) is 0.866. The van der Waals surface area contributed by atoms with Crippen LogP contribution in [-0.2, 0) is 11.0 Å². The normalized spacial score (nSPS) is 24.2. The van der Waals surface area contributed by atoms with Crippen molar-refractivity contribution in [3.63, 3.8) is 0 Å². The van der Waals surface area contributed by atoms with Crippen LogP contribution in [0, 0.1) is 5.92 Å². The van der Waals surface area contributed by atoms with E-state index in [4.69, 9.17) is 5.11 Å². The number of carboxylic acid groups (broad SMARTS) is 1. The van der Waals surface area contributed by atoms with Crippen molar-refractivity contribution in [3.05, 3.63) is 35.4 Å². The molecule has 0 bridgehead atoms. The third-order valence-corrected chi connectivity index (χ3v) is 3.20. The molecule has 0 spiro atoms. The van der Waals surface area contributed by atoms with Crippen molar-refractivity contribution in [1.29, 1.82) is 0 Å². The molecule has 0 aliphatic heterocycles. The molecule has 1 N–H and O–H groups in total. The lowest BCUT2D eigenvalue weighted by atomic mass is 9.71. The highest BCUT2D eigenvalue weighted by Gasteiger charge is 2.36. The summed E-state index contributed by atoms with van der Waals surface area (Å²) in [5.74, 6) is -1.09. The molecule has 17 heavy (non-hydrogen) atoms. The van der Waals surface area contributed by atoms with Crippen LogP contribution >= 0.6 is 0 Å². The van der Waals surface area contributed by atoms with Crippen molar-refractivity contribution < 1.29 is 23.1 Å². The minimum absolute atomic E-state index is 0.0818. The van der Waals surface area contributed by atoms with Gasteiger partial charge >= 0.3 is 12.1 Å². The Morgan fingerprint density at radius 1 is 1.18 bits per heavy atom. The molecule has 0 heterocycles. The lowest BCUT2D eigenvalue weighted by Crippen LogP contribution is -2.28. The number of carbonyl (C=O) groups is 1. The summed E-state index contributed by atoms with van der Waals surface area (Å²) in [7, 11) is 0. The van der Waals surface area contributed by atoms with E-state index in [2.05, 4.69) is 0 Å². The van der Waals surface area contributed by atoms with Gasteiger partial charge in [-0.05, 0) is 36.5 Å². The largest absolute Gasteiger partial charge is 0.481 e. The fourth-order valence-electron chi connectivity index (χ4n) is 2.04. The van der Waals surface area contributed by atoms with Crippen LogP contribution < -0.4 is 0 Å². The van der Waals surface area contributed by atoms with E-state index in [0.29, 0.717) is 12.8 Å². The van der Waals surface area contributed by atoms with Crippen LogP contribution in [0.5, 0.6) is 0 Å². The van der Waals surface area contributed by atoms with Crippen LogP contribution in [0.4, 0.5) is 13.2 Å². The SMILES string of the molecule is O=C(O)C1CC(c2ccc(C(F)(F)F)cc2)C1. The lowest BCUT2D eigenvalue weighted by molar-refractivity contribution is -0.145. The topological polar surface area (TPSA) is 37.3 Å². The molecule has 1 aromatic rings. The fourth-order valence-corrected chi connectivity index (χ4v) is 2.04. The molecule has 2 rings (SSSR count). The number of alkyl halides is 3. The van der Waals surface area contributed by atoms with Gasteiger partial charge in [-0.25, -0.2) is 0 Å². The smallest absolute Gasteiger partial charge is 0.416 e. The van der Waals surface area contributed by atoms with Crippen LogP contribution in [0.1, 0.15) is 29.9 Å². The summed E-state index contributed by atoms with van der Waals surface area (Å²) in [4.78, 5) is 10.6. The molecule has 0 aromatic heterocycles. The monoisotopic (exact) mass is 244 g/mol. The van der Waals surface area contributed by atoms with Gasteiger partial charge in [-0.2, -0.15) is 13.2 Å². The molecule has 0 atom stereocenters. The molecular formula is C12H11F3O2. The Morgan fingerprint density at radius 2 is 1.71 bits per heavy atom. The number of rotatable bonds is 2. The van der Waals surface area contributed by atoms with Gasteiger partial charge in [0.2, 0.25) is 0 Å². The lowest BCUT2D eigenvalue weighted by Gasteiger charge is -2.32. The van der Waals surface area contributed by atoms with Gasteiger partial charge in [0.15, 0.2) is 0 Å². The maximum atomic E-state index is 12.3. The number of hydrogen-bond donors (Lipinski definition) is 1. The summed E-state index contributed by atoms with van der Waals surface area (Å²) in [6, 6.07) is 4.96. The van der Waals surface area contributed by atoms with Gasteiger partial charge in [-0.1, -0.05) is 12.1 Å². The molecule has 0 saturated heterocycles. The molecule has 1 fully saturated rings. The molecule has 0 amide bonds. The highest BCUT2D eigenvalue weighted by atomic mass is 19.4. The van der Waals surface area contributed by atoms with Crippen molar-refractivity contribution in [2.45, 2.75) is 24.9 Å². The first-order valence-corrected chi connectivity index (χ1v) is 5.28. The third-order valence-electron chi connectivity index (χ3n) is 3.20. The van der Waals surface area contributed by atoms with Gasteiger partial charge in [-0.15, -0.1) is 0 Å². The molecule has 0 radical (unpaired) electrons. The second kappa shape index (κ2) is 4.05. The molecule has 1 aliphatic carbocycles. The van der Waals surface area contributed by atoms with Crippen molar-refractivity contribution in [2.75, 3.05) is 0 Å². The van der Waals surface area contributed by atoms with Crippen molar-refractivity contribution in [2.24, 2.45) is 5.92 Å². The predicted octanol–water partition coefficient (Wildman–Crippen LogP) is 3.28. The number of benzene rings is 1. The predicted molar refractivity (Wildman–Crippen MR) is 54.5 cm³/mol. The number of hydrogen-bond acceptors (Lipinski definition) is 1. The Kier molecular flexibility index (Phi) is 2.85. The van der Waals surface area contributed by atoms with Crippen LogP contribution in [0.2, 0.25) is 0 Å². The van der Waals surface area contributed by atoms with Crippen molar-refractivity contribution >= 4 is 5.97 Å². The first kappa shape index (κ1) is 12.0. The van der Waals surface area contributed by atoms with Crippen LogP contribution in [0.25, 0.3) is 0 Å². The van der Waals surface area contributed by atoms with E-state index in [-0.39, 0.29) is 11.8 Å². The molecule has 92 valence electrons. The van der Waals surface area contributed by atoms with E-state index >= 15 is 0 Å². The van der Waals surface area contributed by atoms with E-state index in [0.717, 1.165) is 17.7 Å². The zero-order valence-electron chi connectivity index (χ0n) is 8.87. The first-order chi connectivity index (χ1) is 7.88. The minimum atomic E-state index is -4.32. The second-order valence-electron chi connectivity index (χ2n) is 4.32. The average molecular weight is 244 g/mol. The van der Waals surface area contributed by atoms with Gasteiger partial charge in [0.05, 0.1) is 11.5 Å². The molecule has 5 heteroatoms. The Balaban J connectivity index is 2.03. The Hall–Kier alpha value is -1.52. The summed E-state index contributed by atoms with van der Waals surface area (Å²) in [5.41, 5.74) is 0.117. The molecule has 1 aliphatic rings. The molecule has 1 aromatic carbocycles. The van der Waals surface area contributed by atoms with Gasteiger partial charge in [-0.3, -0.25) is 4.79 Å². The van der Waals surface area contributed by atoms with Crippen molar-refractivity contribution in [3.8, 4) is 0 Å². The fraction of sp³-hybridized carbons (Fsp3) is 0.417. The summed E-state index contributed by atoms with van der Waals surface area (Å²) in [6.07, 6.45) is -3.29. The van der Waals surface area contributed by atoms with E-state index < -0.39 is 17.7 Å². The van der Waals surface area contributed by atoms with Gasteiger partial charge in [0.25, 0.3) is 0 Å². The summed E-state index contributed by atoms with van der Waals surface area (Å²) in [6.45, 7) is 0. The highest BCUT2D eigenvalue weighted by molar-refractivity contribution is 5.71. The zero-order chi connectivity index (χ0) is 12.6. The Bertz CT molecular complexity index is 416. The van der Waals surface area contributed by atoms with Gasteiger partial charge < -0.3 is 5.11 Å².